The van der Waals surface area contributed by atoms with Gasteiger partial charge in [0.2, 0.25) is 0 Å². The van der Waals surface area contributed by atoms with Gasteiger partial charge in [-0.1, -0.05) is 0 Å². The van der Waals surface area contributed by atoms with Gasteiger partial charge in [-0.25, -0.2) is 14.2 Å². The monoisotopic (exact) mass is 1070 g/mol. The van der Waals surface area contributed by atoms with Gasteiger partial charge in [-0.2, -0.15) is 179 Å². The second-order valence-corrected chi connectivity index (χ2v) is 12.2. The van der Waals surface area contributed by atoms with E-state index in [4.69, 9.17) is 0 Å². The van der Waals surface area contributed by atoms with E-state index in [0.29, 0.717) is 4.74 Å². The molecule has 0 radical (unpaired) electrons. The van der Waals surface area contributed by atoms with Crippen molar-refractivity contribution >= 4 is 10.1 Å². The molecule has 0 heterocycles. The predicted molar refractivity (Wildman–Crippen MR) is 105 cm³/mol. The summed E-state index contributed by atoms with van der Waals surface area (Å²) in [4.78, 5) is 0. The van der Waals surface area contributed by atoms with Crippen molar-refractivity contribution in [1.29, 1.82) is 0 Å². The van der Waals surface area contributed by atoms with Gasteiger partial charge in [0.25, 0.3) is 0 Å². The fraction of sp³-hybridized carbons (Fsp3) is 1.00. The summed E-state index contributed by atoms with van der Waals surface area (Å²) >= 11 is 0. The molecule has 0 aromatic heterocycles. The topological polar surface area (TPSA) is 71.1 Å². The van der Waals surface area contributed by atoms with Gasteiger partial charge in [-0.05, 0) is 0 Å². The van der Waals surface area contributed by atoms with Crippen molar-refractivity contribution in [2.24, 2.45) is 0 Å². The van der Waals surface area contributed by atoms with Crippen LogP contribution in [0.4, 0.5) is 167 Å². The van der Waals surface area contributed by atoms with Crippen LogP contribution >= 0.6 is 0 Å². The molecular formula is C18F38O6S. The van der Waals surface area contributed by atoms with Gasteiger partial charge in [0.05, 0.1) is 0 Å². The molecule has 0 bridgehead atoms. The first kappa shape index (κ1) is 60.1. The number of hydrogen-bond acceptors (Lipinski definition) is 6. The second-order valence-electron chi connectivity index (χ2n) is 10.6. The average molecular weight is 1070 g/mol. The normalized spacial score (nSPS) is 17.1. The Morgan fingerprint density at radius 2 is 0.413 bits per heavy atom. The number of rotatable bonds is 20. The van der Waals surface area contributed by atoms with Crippen LogP contribution in [-0.2, 0) is 28.5 Å². The first-order valence-corrected chi connectivity index (χ1v) is 14.0. The van der Waals surface area contributed by atoms with Gasteiger partial charge in [-0.3, -0.25) is 0 Å². The Labute approximate surface area is 313 Å². The zero-order chi connectivity index (χ0) is 52.3. The molecule has 63 heavy (non-hydrogen) atoms. The maximum absolute atomic E-state index is 13.8. The fourth-order valence-electron chi connectivity index (χ4n) is 2.73. The van der Waals surface area contributed by atoms with E-state index in [9.17, 15) is 175 Å². The quantitative estimate of drug-likeness (QED) is 0.0894. The second kappa shape index (κ2) is 15.1. The number of halogens is 38. The van der Waals surface area contributed by atoms with Crippen LogP contribution < -0.4 is 0 Å². The number of alkyl halides is 38. The zero-order valence-corrected chi connectivity index (χ0v) is 27.0. The van der Waals surface area contributed by atoms with Gasteiger partial charge >= 0.3 is 118 Å². The standard InChI is InChI=1S/C18F38O6S/c19-1(20,2(21,22)6(29,30)13(45,46)62-63(57,58)18(55,56)8(33,34)4(25,26)10(38,39)40)5(27,28)11(41,42)59-14(47,48)16(51,52)61-17(53,54)15(49,50)60-12(43,44)7(31,32)3(23,24)9(35,36)37. The van der Waals surface area contributed by atoms with E-state index in [2.05, 4.69) is 0 Å². The summed E-state index contributed by atoms with van der Waals surface area (Å²) in [5.74, 6) is -73.6. The van der Waals surface area contributed by atoms with Gasteiger partial charge < -0.3 is 0 Å². The summed E-state index contributed by atoms with van der Waals surface area (Å²) in [6, 6.07) is 0. The molecule has 6 nitrogen and oxygen atoms in total. The van der Waals surface area contributed by atoms with Gasteiger partial charge in [-0.15, -0.1) is 0 Å². The third-order valence-electron chi connectivity index (χ3n) is 6.12. The molecule has 380 valence electrons. The van der Waals surface area contributed by atoms with Crippen LogP contribution in [0.2, 0.25) is 0 Å². The Morgan fingerprint density at radius 3 is 0.651 bits per heavy atom. The molecule has 0 fully saturated rings. The van der Waals surface area contributed by atoms with Crippen molar-refractivity contribution < 1.29 is 194 Å². The summed E-state index contributed by atoms with van der Waals surface area (Å²) in [5, 5.41) is -8.92. The highest BCUT2D eigenvalue weighted by molar-refractivity contribution is 7.87. The molecule has 0 aliphatic heterocycles. The van der Waals surface area contributed by atoms with Crippen molar-refractivity contribution in [3.05, 3.63) is 0 Å². The van der Waals surface area contributed by atoms with E-state index in [0.717, 1.165) is 13.7 Å². The lowest BCUT2D eigenvalue weighted by Crippen LogP contribution is -2.72. The van der Waals surface area contributed by atoms with Crippen molar-refractivity contribution in [3.63, 3.8) is 0 Å². The SMILES string of the molecule is O=S(=O)(OC(F)(F)C(F)(F)C(F)(F)C(F)(F)C(F)(F)C(F)(F)OC(F)(F)C(F)(F)OC(F)(F)C(F)(F)OC(F)(F)C(F)(F)C(F)(F)C(F)(F)F)C(F)(F)C(F)(F)C(F)(F)C(F)(F)F. The molecule has 0 aromatic rings. The van der Waals surface area contributed by atoms with Crippen LogP contribution in [0.3, 0.4) is 0 Å². The molecule has 0 saturated carbocycles. The highest BCUT2D eigenvalue weighted by Gasteiger charge is 2.94. The molecule has 0 aromatic carbocycles. The molecule has 0 spiro atoms. The summed E-state index contributed by atoms with van der Waals surface area (Å²) < 4.78 is 526. The van der Waals surface area contributed by atoms with E-state index in [1.165, 1.54) is 0 Å². The number of hydrogen-bond donors (Lipinski definition) is 0. The first-order valence-electron chi connectivity index (χ1n) is 12.6. The molecular weight excluding hydrogens is 1070 g/mol. The smallest absolute Gasteiger partial charge is 0.243 e. The fourth-order valence-corrected chi connectivity index (χ4v) is 3.66. The lowest BCUT2D eigenvalue weighted by atomic mass is 9.97. The van der Waals surface area contributed by atoms with E-state index in [1.54, 1.807) is 0 Å². The Balaban J connectivity index is 7.09. The summed E-state index contributed by atoms with van der Waals surface area (Å²) in [6.45, 7) is 0. The maximum atomic E-state index is 13.8. The van der Waals surface area contributed by atoms with Gasteiger partial charge in [0.1, 0.15) is 0 Å². The van der Waals surface area contributed by atoms with E-state index in [-0.39, 0.29) is 0 Å². The minimum atomic E-state index is -9.84. The van der Waals surface area contributed by atoms with Crippen molar-refractivity contribution in [2.75, 3.05) is 0 Å². The Hall–Kier alpha value is -2.87. The highest BCUT2D eigenvalue weighted by Crippen LogP contribution is 2.63. The van der Waals surface area contributed by atoms with Crippen LogP contribution in [0.15, 0.2) is 0 Å². The third kappa shape index (κ3) is 8.92. The molecule has 0 atom stereocenters. The van der Waals surface area contributed by atoms with Crippen molar-refractivity contribution in [1.82, 2.24) is 0 Å². The largest absolute Gasteiger partial charge is 0.460 e. The van der Waals surface area contributed by atoms with Crippen LogP contribution in [0, 0.1) is 0 Å². The molecule has 0 saturated heterocycles. The van der Waals surface area contributed by atoms with Crippen LogP contribution in [0.1, 0.15) is 0 Å². The molecule has 0 aliphatic rings. The van der Waals surface area contributed by atoms with Gasteiger partial charge in [0.15, 0.2) is 0 Å². The van der Waals surface area contributed by atoms with Crippen LogP contribution in [0.25, 0.3) is 0 Å². The summed E-state index contributed by atoms with van der Waals surface area (Å²) in [5.41, 5.74) is 0. The maximum Gasteiger partial charge on any atom is 0.460 e. The Morgan fingerprint density at radius 1 is 0.222 bits per heavy atom. The molecule has 0 unspecified atom stereocenters. The van der Waals surface area contributed by atoms with E-state index >= 15 is 0 Å². The average Bonchev–Trinajstić information content (AvgIpc) is 2.96. The Bertz CT molecular complexity index is 1750. The molecule has 45 heteroatoms. The number of ether oxygens (including phenoxy) is 3. The minimum absolute atomic E-state index is 0.631. The molecule has 0 aliphatic carbocycles. The zero-order valence-electron chi connectivity index (χ0n) is 26.2. The van der Waals surface area contributed by atoms with Crippen LogP contribution in [0.5, 0.6) is 0 Å². The highest BCUT2D eigenvalue weighted by atomic mass is 32.2. The summed E-state index contributed by atoms with van der Waals surface area (Å²) in [6.07, 6.45) is -78.5. The van der Waals surface area contributed by atoms with Gasteiger partial charge in [0, 0.05) is 0 Å². The van der Waals surface area contributed by atoms with E-state index in [1.807, 2.05) is 0 Å². The van der Waals surface area contributed by atoms with Crippen molar-refractivity contribution in [3.8, 4) is 0 Å². The molecule has 0 rings (SSSR count). The third-order valence-corrected chi connectivity index (χ3v) is 7.43. The minimum Gasteiger partial charge on any atom is -0.243 e. The first-order chi connectivity index (χ1) is 26.3. The van der Waals surface area contributed by atoms with E-state index < -0.39 is 118 Å². The Kier molecular flexibility index (Phi) is 14.4. The summed E-state index contributed by atoms with van der Waals surface area (Å²) in [7, 11) is -9.78. The van der Waals surface area contributed by atoms with Crippen LogP contribution in [-0.4, -0.2) is 116 Å². The molecule has 0 N–H and O–H groups in total. The molecule has 0 amide bonds. The lowest BCUT2D eigenvalue weighted by molar-refractivity contribution is -0.577. The predicted octanol–water partition coefficient (Wildman–Crippen LogP) is 11.3. The lowest BCUT2D eigenvalue weighted by Gasteiger charge is -2.41. The van der Waals surface area contributed by atoms with Crippen molar-refractivity contribution in [2.45, 2.75) is 108 Å².